The molecular weight excluding hydrogens is 326 g/mol. The number of primary amides is 1. The maximum Gasteiger partial charge on any atom is 0.338 e. The number of amides is 3. The number of piperidine rings is 1. The van der Waals surface area contributed by atoms with Crippen molar-refractivity contribution in [2.45, 2.75) is 32.2 Å². The lowest BCUT2D eigenvalue weighted by Crippen LogP contribution is -2.51. The number of nitrogens with two attached hydrogens (primary N) is 1. The minimum atomic E-state index is -0.687. The molecule has 25 heavy (non-hydrogen) atoms. The number of carbonyl (C=O) groups excluding carboxylic acids is 4. The van der Waals surface area contributed by atoms with Crippen LogP contribution in [0.3, 0.4) is 0 Å². The molecule has 0 saturated carbocycles. The number of ether oxygens (including phenoxy) is 1. The van der Waals surface area contributed by atoms with Gasteiger partial charge in [-0.15, -0.1) is 0 Å². The maximum absolute atomic E-state index is 12.2. The Hall–Kier alpha value is -2.90. The molecule has 1 aliphatic rings. The lowest BCUT2D eigenvalue weighted by atomic mass is 10.0. The number of likely N-dealkylation sites (tertiary alicyclic amines) is 1. The summed E-state index contributed by atoms with van der Waals surface area (Å²) in [5.74, 6) is -1.95. The van der Waals surface area contributed by atoms with Crippen LogP contribution in [0, 0.1) is 0 Å². The van der Waals surface area contributed by atoms with E-state index < -0.39 is 30.4 Å². The quantitative estimate of drug-likeness (QED) is 0.759. The van der Waals surface area contributed by atoms with Crippen LogP contribution in [0.15, 0.2) is 24.3 Å². The van der Waals surface area contributed by atoms with E-state index in [0.29, 0.717) is 18.7 Å². The predicted octanol–water partition coefficient (Wildman–Crippen LogP) is 0.668. The fraction of sp³-hybridized carbons (Fsp3) is 0.412. The average Bonchev–Trinajstić information content (AvgIpc) is 2.59. The Morgan fingerprint density at radius 3 is 2.72 bits per heavy atom. The van der Waals surface area contributed by atoms with Crippen LogP contribution in [-0.4, -0.2) is 47.8 Å². The van der Waals surface area contributed by atoms with Gasteiger partial charge in [-0.25, -0.2) is 4.79 Å². The van der Waals surface area contributed by atoms with Gasteiger partial charge in [0, 0.05) is 19.2 Å². The Labute approximate surface area is 145 Å². The number of esters is 1. The Bertz CT molecular complexity index is 689. The second kappa shape index (κ2) is 8.27. The zero-order valence-electron chi connectivity index (χ0n) is 14.0. The van der Waals surface area contributed by atoms with Crippen molar-refractivity contribution in [1.29, 1.82) is 0 Å². The van der Waals surface area contributed by atoms with Crippen molar-refractivity contribution in [3.63, 3.8) is 0 Å². The number of nitrogens with one attached hydrogen (secondary N) is 1. The number of nitrogens with zero attached hydrogens (tertiary/aromatic N) is 1. The monoisotopic (exact) mass is 347 g/mol. The van der Waals surface area contributed by atoms with Gasteiger partial charge in [-0.1, -0.05) is 6.07 Å². The minimum absolute atomic E-state index is 0.212. The summed E-state index contributed by atoms with van der Waals surface area (Å²) in [4.78, 5) is 48.2. The van der Waals surface area contributed by atoms with E-state index in [0.717, 1.165) is 12.8 Å². The van der Waals surface area contributed by atoms with E-state index in [1.807, 2.05) is 0 Å². The molecule has 1 aromatic carbocycles. The highest BCUT2D eigenvalue weighted by Gasteiger charge is 2.31. The molecule has 1 atom stereocenters. The normalized spacial score (nSPS) is 16.8. The van der Waals surface area contributed by atoms with Gasteiger partial charge >= 0.3 is 5.97 Å². The highest BCUT2D eigenvalue weighted by Crippen LogP contribution is 2.17. The van der Waals surface area contributed by atoms with Crippen LogP contribution in [0.2, 0.25) is 0 Å². The molecule has 3 amide bonds. The molecule has 1 saturated heterocycles. The van der Waals surface area contributed by atoms with Gasteiger partial charge in [0.15, 0.2) is 6.61 Å². The molecule has 1 aromatic rings. The van der Waals surface area contributed by atoms with E-state index in [2.05, 4.69) is 5.32 Å². The topological polar surface area (TPSA) is 119 Å². The van der Waals surface area contributed by atoms with Gasteiger partial charge in [0.2, 0.25) is 11.8 Å². The Morgan fingerprint density at radius 2 is 2.04 bits per heavy atom. The van der Waals surface area contributed by atoms with Crippen LogP contribution >= 0.6 is 0 Å². The summed E-state index contributed by atoms with van der Waals surface area (Å²) in [6.07, 6.45) is 2.13. The van der Waals surface area contributed by atoms with E-state index in [1.165, 1.54) is 24.0 Å². The molecule has 1 aliphatic heterocycles. The second-order valence-electron chi connectivity index (χ2n) is 5.84. The van der Waals surface area contributed by atoms with E-state index >= 15 is 0 Å². The number of hydrogen-bond acceptors (Lipinski definition) is 5. The fourth-order valence-corrected chi connectivity index (χ4v) is 2.75. The Kier molecular flexibility index (Phi) is 6.10. The molecule has 1 fully saturated rings. The molecular formula is C17H21N3O5. The number of anilines is 1. The lowest BCUT2D eigenvalue weighted by Gasteiger charge is -2.33. The number of carbonyl (C=O) groups is 4. The van der Waals surface area contributed by atoms with Crippen molar-refractivity contribution < 1.29 is 23.9 Å². The third-order valence-corrected chi connectivity index (χ3v) is 3.90. The molecule has 1 heterocycles. The predicted molar refractivity (Wildman–Crippen MR) is 89.6 cm³/mol. The first-order valence-corrected chi connectivity index (χ1v) is 8.02. The standard InChI is InChI=1S/C17H21N3O5/c1-11(21)19-13-6-4-5-12(9-13)17(24)25-10-15(22)20-8-3-2-7-14(20)16(18)23/h4-6,9,14H,2-3,7-8,10H2,1H3,(H2,18,23)(H,19,21)/t14-/m0/s1. The largest absolute Gasteiger partial charge is 0.452 e. The van der Waals surface area contributed by atoms with Gasteiger partial charge in [0.1, 0.15) is 6.04 Å². The molecule has 134 valence electrons. The zero-order valence-corrected chi connectivity index (χ0v) is 14.0. The smallest absolute Gasteiger partial charge is 0.338 e. The van der Waals surface area contributed by atoms with Gasteiger partial charge in [-0.3, -0.25) is 14.4 Å². The summed E-state index contributed by atoms with van der Waals surface area (Å²) in [6, 6.07) is 5.56. The first-order valence-electron chi connectivity index (χ1n) is 8.02. The lowest BCUT2D eigenvalue weighted by molar-refractivity contribution is -0.143. The molecule has 8 heteroatoms. The van der Waals surface area contributed by atoms with Crippen LogP contribution in [0.1, 0.15) is 36.5 Å². The van der Waals surface area contributed by atoms with Crippen molar-refractivity contribution in [3.8, 4) is 0 Å². The van der Waals surface area contributed by atoms with E-state index in [9.17, 15) is 19.2 Å². The van der Waals surface area contributed by atoms with Gasteiger partial charge < -0.3 is 20.7 Å². The summed E-state index contributed by atoms with van der Waals surface area (Å²) >= 11 is 0. The average molecular weight is 347 g/mol. The molecule has 0 spiro atoms. The van der Waals surface area contributed by atoms with Gasteiger partial charge in [0.05, 0.1) is 5.56 Å². The first kappa shape index (κ1) is 18.4. The van der Waals surface area contributed by atoms with Crippen molar-refractivity contribution in [3.05, 3.63) is 29.8 Å². The number of hydrogen-bond donors (Lipinski definition) is 2. The van der Waals surface area contributed by atoms with Crippen LogP contribution < -0.4 is 11.1 Å². The van der Waals surface area contributed by atoms with Gasteiger partial charge in [-0.2, -0.15) is 0 Å². The molecule has 0 unspecified atom stereocenters. The highest BCUT2D eigenvalue weighted by molar-refractivity contribution is 5.95. The number of rotatable bonds is 5. The molecule has 8 nitrogen and oxygen atoms in total. The molecule has 0 radical (unpaired) electrons. The number of benzene rings is 1. The Morgan fingerprint density at radius 1 is 1.28 bits per heavy atom. The third-order valence-electron chi connectivity index (χ3n) is 3.90. The fourth-order valence-electron chi connectivity index (χ4n) is 2.75. The first-order chi connectivity index (χ1) is 11.9. The molecule has 0 aromatic heterocycles. The molecule has 0 bridgehead atoms. The third kappa shape index (κ3) is 5.03. The SMILES string of the molecule is CC(=O)Nc1cccc(C(=O)OCC(=O)N2CCCC[C@H]2C(N)=O)c1. The van der Waals surface area contributed by atoms with Crippen molar-refractivity contribution in [2.75, 3.05) is 18.5 Å². The summed E-state index contributed by atoms with van der Waals surface area (Å²) in [5.41, 5.74) is 5.99. The van der Waals surface area contributed by atoms with E-state index in [-0.39, 0.29) is 11.5 Å². The zero-order chi connectivity index (χ0) is 18.4. The summed E-state index contributed by atoms with van der Waals surface area (Å²) in [7, 11) is 0. The molecule has 2 rings (SSSR count). The van der Waals surface area contributed by atoms with Crippen LogP contribution in [0.25, 0.3) is 0 Å². The van der Waals surface area contributed by atoms with Gasteiger partial charge in [0.25, 0.3) is 5.91 Å². The summed E-state index contributed by atoms with van der Waals surface area (Å²) in [5, 5.41) is 2.56. The van der Waals surface area contributed by atoms with Crippen LogP contribution in [0.4, 0.5) is 5.69 Å². The van der Waals surface area contributed by atoms with Crippen molar-refractivity contribution in [1.82, 2.24) is 4.90 Å². The minimum Gasteiger partial charge on any atom is -0.452 e. The summed E-state index contributed by atoms with van der Waals surface area (Å²) < 4.78 is 5.04. The Balaban J connectivity index is 1.96. The van der Waals surface area contributed by atoms with Crippen LogP contribution in [-0.2, 0) is 19.1 Å². The summed E-state index contributed by atoms with van der Waals surface area (Å²) in [6.45, 7) is 1.31. The molecule has 0 aliphatic carbocycles. The van der Waals surface area contributed by atoms with Crippen molar-refractivity contribution in [2.24, 2.45) is 5.73 Å². The van der Waals surface area contributed by atoms with E-state index in [1.54, 1.807) is 12.1 Å². The van der Waals surface area contributed by atoms with Crippen molar-refractivity contribution >= 4 is 29.4 Å². The van der Waals surface area contributed by atoms with E-state index in [4.69, 9.17) is 10.5 Å². The highest BCUT2D eigenvalue weighted by atomic mass is 16.5. The second-order valence-corrected chi connectivity index (χ2v) is 5.84. The maximum atomic E-state index is 12.2. The van der Waals surface area contributed by atoms with Crippen LogP contribution in [0.5, 0.6) is 0 Å². The van der Waals surface area contributed by atoms with Gasteiger partial charge in [-0.05, 0) is 37.5 Å². The molecule has 3 N–H and O–H groups in total.